The van der Waals surface area contributed by atoms with E-state index in [0.29, 0.717) is 0 Å². The summed E-state index contributed by atoms with van der Waals surface area (Å²) >= 11 is 6.25. The van der Waals surface area contributed by atoms with Crippen molar-refractivity contribution in [1.29, 1.82) is 0 Å². The van der Waals surface area contributed by atoms with Gasteiger partial charge >= 0.3 is 0 Å². The maximum atomic E-state index is 6.36. The molecule has 0 radical (unpaired) electrons. The number of nitrogens with one attached hydrogen (secondary N) is 3. The van der Waals surface area contributed by atoms with Crippen LogP contribution in [0.3, 0.4) is 0 Å². The van der Waals surface area contributed by atoms with Gasteiger partial charge in [-0.05, 0) is 49.4 Å². The van der Waals surface area contributed by atoms with E-state index in [-0.39, 0.29) is 6.10 Å². The molecule has 1 unspecified atom stereocenters. The highest BCUT2D eigenvalue weighted by Gasteiger charge is 2.19. The first-order valence-corrected chi connectivity index (χ1v) is 9.58. The van der Waals surface area contributed by atoms with Crippen LogP contribution in [-0.4, -0.2) is 24.2 Å². The number of rotatable bonds is 4. The number of ether oxygens (including phenoxy) is 1. The molecule has 4 nitrogen and oxygen atoms in total. The summed E-state index contributed by atoms with van der Waals surface area (Å²) in [6.45, 7) is 1.88. The highest BCUT2D eigenvalue weighted by molar-refractivity contribution is 6.32. The molecule has 0 saturated carbocycles. The minimum atomic E-state index is 0.190. The Morgan fingerprint density at radius 2 is 1.85 bits per heavy atom. The van der Waals surface area contributed by atoms with Crippen LogP contribution in [0.15, 0.2) is 60.7 Å². The van der Waals surface area contributed by atoms with Crippen LogP contribution in [0.25, 0.3) is 21.8 Å². The van der Waals surface area contributed by atoms with E-state index in [1.54, 1.807) is 0 Å². The number of aromatic nitrogens is 1. The SMILES string of the molecule is Clc1ccc2[nH]c3c(OC4CCNC4)cc(Nc4ccccc4)cc3c2c1. The zero-order valence-electron chi connectivity index (χ0n) is 14.8. The third-order valence-electron chi connectivity index (χ3n) is 5.00. The van der Waals surface area contributed by atoms with E-state index in [1.807, 2.05) is 36.4 Å². The van der Waals surface area contributed by atoms with Crippen LogP contribution in [0.4, 0.5) is 11.4 Å². The van der Waals surface area contributed by atoms with Gasteiger partial charge in [-0.15, -0.1) is 0 Å². The molecule has 1 fully saturated rings. The van der Waals surface area contributed by atoms with Gasteiger partial charge in [0.25, 0.3) is 0 Å². The molecule has 136 valence electrons. The average molecular weight is 378 g/mol. The molecule has 3 aromatic carbocycles. The second-order valence-electron chi connectivity index (χ2n) is 6.94. The minimum Gasteiger partial charge on any atom is -0.487 e. The zero-order valence-corrected chi connectivity index (χ0v) is 15.5. The monoisotopic (exact) mass is 377 g/mol. The number of para-hydroxylation sites is 1. The summed E-state index contributed by atoms with van der Waals surface area (Å²) in [5, 5.41) is 9.78. The van der Waals surface area contributed by atoms with E-state index in [9.17, 15) is 0 Å². The van der Waals surface area contributed by atoms with Crippen LogP contribution in [0.1, 0.15) is 6.42 Å². The fraction of sp³-hybridized carbons (Fsp3) is 0.182. The van der Waals surface area contributed by atoms with Crippen LogP contribution >= 0.6 is 11.6 Å². The molecule has 1 saturated heterocycles. The first-order chi connectivity index (χ1) is 13.3. The Morgan fingerprint density at radius 3 is 2.67 bits per heavy atom. The Bertz CT molecular complexity index is 1100. The summed E-state index contributed by atoms with van der Waals surface area (Å²) in [6, 6.07) is 20.3. The van der Waals surface area contributed by atoms with Crippen molar-refractivity contribution < 1.29 is 4.74 Å². The van der Waals surface area contributed by atoms with E-state index in [2.05, 4.69) is 39.9 Å². The summed E-state index contributed by atoms with van der Waals surface area (Å²) in [5.41, 5.74) is 4.11. The molecule has 1 aromatic heterocycles. The smallest absolute Gasteiger partial charge is 0.145 e. The molecule has 0 spiro atoms. The summed E-state index contributed by atoms with van der Waals surface area (Å²) in [4.78, 5) is 3.51. The number of hydrogen-bond donors (Lipinski definition) is 3. The molecule has 2 heterocycles. The summed E-state index contributed by atoms with van der Waals surface area (Å²) < 4.78 is 6.36. The lowest BCUT2D eigenvalue weighted by molar-refractivity contribution is 0.225. The van der Waals surface area contributed by atoms with Gasteiger partial charge in [0.15, 0.2) is 0 Å². The molecule has 5 heteroatoms. The summed E-state index contributed by atoms with van der Waals surface area (Å²) in [7, 11) is 0. The zero-order chi connectivity index (χ0) is 18.2. The lowest BCUT2D eigenvalue weighted by atomic mass is 10.1. The highest BCUT2D eigenvalue weighted by atomic mass is 35.5. The number of H-pyrrole nitrogens is 1. The van der Waals surface area contributed by atoms with E-state index in [4.69, 9.17) is 16.3 Å². The molecular weight excluding hydrogens is 358 g/mol. The molecule has 1 atom stereocenters. The van der Waals surface area contributed by atoms with Gasteiger partial charge in [-0.25, -0.2) is 0 Å². The second kappa shape index (κ2) is 6.80. The Morgan fingerprint density at radius 1 is 0.963 bits per heavy atom. The average Bonchev–Trinajstić information content (AvgIpc) is 3.31. The van der Waals surface area contributed by atoms with Gasteiger partial charge in [0.05, 0.1) is 5.52 Å². The van der Waals surface area contributed by atoms with Gasteiger partial charge in [0.1, 0.15) is 11.9 Å². The van der Waals surface area contributed by atoms with Crippen molar-refractivity contribution in [2.24, 2.45) is 0 Å². The molecule has 1 aliphatic heterocycles. The van der Waals surface area contributed by atoms with E-state index >= 15 is 0 Å². The van der Waals surface area contributed by atoms with Crippen LogP contribution in [-0.2, 0) is 0 Å². The van der Waals surface area contributed by atoms with Crippen molar-refractivity contribution in [3.05, 3.63) is 65.7 Å². The van der Waals surface area contributed by atoms with Crippen LogP contribution < -0.4 is 15.4 Å². The maximum absolute atomic E-state index is 6.36. The number of aromatic amines is 1. The largest absolute Gasteiger partial charge is 0.487 e. The topological polar surface area (TPSA) is 49.1 Å². The van der Waals surface area contributed by atoms with E-state index in [1.165, 1.54) is 0 Å². The van der Waals surface area contributed by atoms with Crippen molar-refractivity contribution >= 4 is 44.8 Å². The predicted octanol–water partition coefficient (Wildman–Crippen LogP) is 5.46. The van der Waals surface area contributed by atoms with Crippen LogP contribution in [0, 0.1) is 0 Å². The first-order valence-electron chi connectivity index (χ1n) is 9.21. The molecule has 27 heavy (non-hydrogen) atoms. The Hall–Kier alpha value is -2.69. The molecule has 4 aromatic rings. The quantitative estimate of drug-likeness (QED) is 0.442. The maximum Gasteiger partial charge on any atom is 0.145 e. The molecule has 0 aliphatic carbocycles. The number of hydrogen-bond acceptors (Lipinski definition) is 3. The van der Waals surface area contributed by atoms with Gasteiger partial charge in [-0.2, -0.15) is 0 Å². The fourth-order valence-electron chi connectivity index (χ4n) is 3.70. The Labute approximate surface area is 162 Å². The normalized spacial score (nSPS) is 16.9. The molecular formula is C22H20ClN3O. The van der Waals surface area contributed by atoms with Gasteiger partial charge in [0.2, 0.25) is 0 Å². The van der Waals surface area contributed by atoms with Crippen LogP contribution in [0.2, 0.25) is 5.02 Å². The van der Waals surface area contributed by atoms with Gasteiger partial charge in [0, 0.05) is 45.3 Å². The van der Waals surface area contributed by atoms with Crippen LogP contribution in [0.5, 0.6) is 5.75 Å². The summed E-state index contributed by atoms with van der Waals surface area (Å²) in [6.07, 6.45) is 1.21. The number of halogens is 1. The number of fused-ring (bicyclic) bond motifs is 3. The van der Waals surface area contributed by atoms with Crippen molar-refractivity contribution in [2.45, 2.75) is 12.5 Å². The van der Waals surface area contributed by atoms with Crippen molar-refractivity contribution in [1.82, 2.24) is 10.3 Å². The third kappa shape index (κ3) is 3.22. The molecule has 1 aliphatic rings. The Kier molecular flexibility index (Phi) is 4.15. The second-order valence-corrected chi connectivity index (χ2v) is 7.37. The first kappa shape index (κ1) is 16.5. The standard InChI is InChI=1S/C22H20ClN3O/c23-14-6-7-20-18(10-14)19-11-16(25-15-4-2-1-3-5-15)12-21(22(19)26-20)27-17-8-9-24-13-17/h1-7,10-12,17,24-26H,8-9,13H2. The highest BCUT2D eigenvalue weighted by Crippen LogP contribution is 2.37. The molecule has 5 rings (SSSR count). The lowest BCUT2D eigenvalue weighted by Crippen LogP contribution is -2.19. The fourth-order valence-corrected chi connectivity index (χ4v) is 3.87. The lowest BCUT2D eigenvalue weighted by Gasteiger charge is -2.15. The number of benzene rings is 3. The van der Waals surface area contributed by atoms with E-state index < -0.39 is 0 Å². The minimum absolute atomic E-state index is 0.190. The molecule has 0 amide bonds. The van der Waals surface area contributed by atoms with Crippen molar-refractivity contribution in [3.63, 3.8) is 0 Å². The number of anilines is 2. The van der Waals surface area contributed by atoms with Gasteiger partial charge < -0.3 is 20.4 Å². The van der Waals surface area contributed by atoms with Crippen molar-refractivity contribution in [2.75, 3.05) is 18.4 Å². The van der Waals surface area contributed by atoms with Gasteiger partial charge in [-0.1, -0.05) is 29.8 Å². The van der Waals surface area contributed by atoms with E-state index in [0.717, 1.165) is 63.5 Å². The molecule has 3 N–H and O–H groups in total. The van der Waals surface area contributed by atoms with Crippen molar-refractivity contribution in [3.8, 4) is 5.75 Å². The van der Waals surface area contributed by atoms with Gasteiger partial charge in [-0.3, -0.25) is 0 Å². The Balaban J connectivity index is 1.65. The molecule has 0 bridgehead atoms. The summed E-state index contributed by atoms with van der Waals surface area (Å²) in [5.74, 6) is 0.868. The predicted molar refractivity (Wildman–Crippen MR) is 112 cm³/mol. The third-order valence-corrected chi connectivity index (χ3v) is 5.24.